The summed E-state index contributed by atoms with van der Waals surface area (Å²) in [6.45, 7) is 4.33. The van der Waals surface area contributed by atoms with E-state index in [2.05, 4.69) is 4.98 Å². The summed E-state index contributed by atoms with van der Waals surface area (Å²) in [6, 6.07) is 5.95. The summed E-state index contributed by atoms with van der Waals surface area (Å²) < 4.78 is 7.63. The van der Waals surface area contributed by atoms with Gasteiger partial charge in [0.15, 0.2) is 0 Å². The lowest BCUT2D eigenvalue weighted by molar-refractivity contribution is 0.287. The Balaban J connectivity index is 2.19. The molecule has 1 atom stereocenters. The summed E-state index contributed by atoms with van der Waals surface area (Å²) in [4.78, 5) is 4.20. The van der Waals surface area contributed by atoms with Crippen LogP contribution in [0.2, 0.25) is 5.15 Å². The van der Waals surface area contributed by atoms with E-state index in [1.165, 1.54) is 0 Å². The molecule has 1 aromatic carbocycles. The molecule has 0 radical (unpaired) electrons. The second-order valence-corrected chi connectivity index (χ2v) is 5.06. The van der Waals surface area contributed by atoms with E-state index >= 15 is 0 Å². The number of hydrogen-bond donors (Lipinski definition) is 1. The second kappa shape index (κ2) is 5.63. The van der Waals surface area contributed by atoms with Crippen molar-refractivity contribution in [3.8, 4) is 5.75 Å². The van der Waals surface area contributed by atoms with Crippen molar-refractivity contribution in [3.63, 3.8) is 0 Å². The van der Waals surface area contributed by atoms with Crippen LogP contribution < -0.4 is 10.5 Å². The number of rotatable bonds is 4. The summed E-state index contributed by atoms with van der Waals surface area (Å²) in [6.07, 6.45) is 1.61. The van der Waals surface area contributed by atoms with Crippen molar-refractivity contribution in [1.82, 2.24) is 9.55 Å². The first kappa shape index (κ1) is 13.9. The predicted molar refractivity (Wildman–Crippen MR) is 76.3 cm³/mol. The Morgan fingerprint density at radius 3 is 2.79 bits per heavy atom. The lowest BCUT2D eigenvalue weighted by Crippen LogP contribution is -2.10. The molecule has 0 saturated carbocycles. The van der Waals surface area contributed by atoms with Crippen LogP contribution in [0.5, 0.6) is 5.75 Å². The zero-order chi connectivity index (χ0) is 14.0. The fraction of sp³-hybridized carbons (Fsp3) is 0.357. The van der Waals surface area contributed by atoms with Crippen molar-refractivity contribution in [1.29, 1.82) is 0 Å². The fourth-order valence-corrected chi connectivity index (χ4v) is 1.99. The van der Waals surface area contributed by atoms with Gasteiger partial charge in [-0.2, -0.15) is 0 Å². The van der Waals surface area contributed by atoms with Gasteiger partial charge in [-0.1, -0.05) is 23.7 Å². The molecule has 4 nitrogen and oxygen atoms in total. The Bertz CT molecular complexity index is 578. The highest BCUT2D eigenvalue weighted by Crippen LogP contribution is 2.26. The van der Waals surface area contributed by atoms with Gasteiger partial charge < -0.3 is 15.0 Å². The van der Waals surface area contributed by atoms with Gasteiger partial charge in [0, 0.05) is 18.7 Å². The number of aryl methyl sites for hydroxylation is 1. The molecule has 0 amide bonds. The fourth-order valence-electron chi connectivity index (χ4n) is 1.84. The van der Waals surface area contributed by atoms with Crippen LogP contribution in [-0.2, 0) is 13.7 Å². The van der Waals surface area contributed by atoms with Gasteiger partial charge in [0.25, 0.3) is 0 Å². The van der Waals surface area contributed by atoms with E-state index in [0.717, 1.165) is 22.7 Å². The van der Waals surface area contributed by atoms with E-state index < -0.39 is 0 Å². The maximum atomic E-state index is 5.95. The average Bonchev–Trinajstić information content (AvgIpc) is 2.67. The molecule has 1 unspecified atom stereocenters. The van der Waals surface area contributed by atoms with E-state index in [0.29, 0.717) is 11.8 Å². The molecule has 2 aromatic rings. The summed E-state index contributed by atoms with van der Waals surface area (Å²) in [5.41, 5.74) is 8.07. The quantitative estimate of drug-likeness (QED) is 0.936. The highest BCUT2D eigenvalue weighted by Gasteiger charge is 2.10. The Hall–Kier alpha value is -1.52. The topological polar surface area (TPSA) is 53.1 Å². The minimum atomic E-state index is -0.0689. The Morgan fingerprint density at radius 1 is 1.47 bits per heavy atom. The molecular weight excluding hydrogens is 262 g/mol. The number of imidazole rings is 1. The number of ether oxygens (including phenoxy) is 1. The standard InChI is InChI=1S/C14H18ClN3O/c1-9-4-5-11(10(2)16)12(6-9)19-8-14-17-7-13(15)18(14)3/h4-7,10H,8,16H2,1-3H3. The van der Waals surface area contributed by atoms with Gasteiger partial charge in [0.05, 0.1) is 6.20 Å². The Labute approximate surface area is 118 Å². The maximum absolute atomic E-state index is 5.95. The van der Waals surface area contributed by atoms with Crippen molar-refractivity contribution in [2.75, 3.05) is 0 Å². The van der Waals surface area contributed by atoms with Crippen LogP contribution >= 0.6 is 11.6 Å². The molecule has 0 aliphatic carbocycles. The van der Waals surface area contributed by atoms with Gasteiger partial charge in [-0.15, -0.1) is 0 Å². The molecule has 0 saturated heterocycles. The van der Waals surface area contributed by atoms with Crippen molar-refractivity contribution in [3.05, 3.63) is 46.5 Å². The zero-order valence-corrected chi connectivity index (χ0v) is 12.1. The molecule has 0 aliphatic heterocycles. The maximum Gasteiger partial charge on any atom is 0.147 e. The molecule has 19 heavy (non-hydrogen) atoms. The molecule has 0 aliphatic rings. The van der Waals surface area contributed by atoms with Crippen LogP contribution in [0, 0.1) is 6.92 Å². The SMILES string of the molecule is Cc1ccc(C(C)N)c(OCc2ncc(Cl)n2C)c1. The predicted octanol–water partition coefficient (Wildman–Crippen LogP) is 2.98. The van der Waals surface area contributed by atoms with Gasteiger partial charge in [0.1, 0.15) is 23.3 Å². The Morgan fingerprint density at radius 2 is 2.21 bits per heavy atom. The normalized spacial score (nSPS) is 12.5. The molecular formula is C14H18ClN3O. The monoisotopic (exact) mass is 279 g/mol. The number of halogens is 1. The molecule has 1 aromatic heterocycles. The van der Waals surface area contributed by atoms with Gasteiger partial charge in [-0.05, 0) is 25.5 Å². The van der Waals surface area contributed by atoms with E-state index in [9.17, 15) is 0 Å². The van der Waals surface area contributed by atoms with E-state index in [4.69, 9.17) is 22.1 Å². The van der Waals surface area contributed by atoms with Gasteiger partial charge in [-0.3, -0.25) is 0 Å². The molecule has 0 spiro atoms. The van der Waals surface area contributed by atoms with Crippen LogP contribution in [0.15, 0.2) is 24.4 Å². The lowest BCUT2D eigenvalue weighted by Gasteiger charge is -2.14. The lowest BCUT2D eigenvalue weighted by atomic mass is 10.1. The third-order valence-corrected chi connectivity index (χ3v) is 3.40. The van der Waals surface area contributed by atoms with E-state index in [-0.39, 0.29) is 6.04 Å². The molecule has 5 heteroatoms. The first-order valence-corrected chi connectivity index (χ1v) is 6.52. The third kappa shape index (κ3) is 3.08. The largest absolute Gasteiger partial charge is 0.485 e. The number of hydrogen-bond acceptors (Lipinski definition) is 3. The van der Waals surface area contributed by atoms with Crippen LogP contribution in [0.25, 0.3) is 0 Å². The molecule has 0 bridgehead atoms. The number of aromatic nitrogens is 2. The smallest absolute Gasteiger partial charge is 0.147 e. The van der Waals surface area contributed by atoms with Crippen molar-refractivity contribution < 1.29 is 4.74 Å². The first-order valence-electron chi connectivity index (χ1n) is 6.14. The zero-order valence-electron chi connectivity index (χ0n) is 11.4. The molecule has 2 N–H and O–H groups in total. The second-order valence-electron chi connectivity index (χ2n) is 4.67. The summed E-state index contributed by atoms with van der Waals surface area (Å²) in [5.74, 6) is 1.58. The van der Waals surface area contributed by atoms with Crippen molar-refractivity contribution in [2.45, 2.75) is 26.5 Å². The minimum Gasteiger partial charge on any atom is -0.485 e. The van der Waals surface area contributed by atoms with Gasteiger partial charge in [-0.25, -0.2) is 4.98 Å². The first-order chi connectivity index (χ1) is 8.99. The highest BCUT2D eigenvalue weighted by molar-refractivity contribution is 6.29. The average molecular weight is 280 g/mol. The van der Waals surface area contributed by atoms with E-state index in [1.807, 2.05) is 39.1 Å². The summed E-state index contributed by atoms with van der Waals surface area (Å²) in [7, 11) is 1.86. The van der Waals surface area contributed by atoms with E-state index in [1.54, 1.807) is 10.8 Å². The highest BCUT2D eigenvalue weighted by atomic mass is 35.5. The number of nitrogens with two attached hydrogens (primary N) is 1. The van der Waals surface area contributed by atoms with Crippen LogP contribution in [0.3, 0.4) is 0 Å². The third-order valence-electron chi connectivity index (χ3n) is 3.04. The molecule has 2 rings (SSSR count). The number of nitrogens with zero attached hydrogens (tertiary/aromatic N) is 2. The van der Waals surface area contributed by atoms with Gasteiger partial charge in [0.2, 0.25) is 0 Å². The van der Waals surface area contributed by atoms with Crippen LogP contribution in [0.1, 0.15) is 29.9 Å². The molecule has 102 valence electrons. The molecule has 0 fully saturated rings. The number of benzene rings is 1. The minimum absolute atomic E-state index is 0.0689. The summed E-state index contributed by atoms with van der Waals surface area (Å²) >= 11 is 5.94. The molecule has 1 heterocycles. The van der Waals surface area contributed by atoms with Crippen molar-refractivity contribution in [2.24, 2.45) is 12.8 Å². The Kier molecular flexibility index (Phi) is 4.12. The van der Waals surface area contributed by atoms with Crippen LogP contribution in [-0.4, -0.2) is 9.55 Å². The van der Waals surface area contributed by atoms with Crippen molar-refractivity contribution >= 4 is 11.6 Å². The van der Waals surface area contributed by atoms with Gasteiger partial charge >= 0.3 is 0 Å². The summed E-state index contributed by atoms with van der Waals surface area (Å²) in [5, 5.41) is 0.593. The van der Waals surface area contributed by atoms with Crippen LogP contribution in [0.4, 0.5) is 0 Å².